The van der Waals surface area contributed by atoms with E-state index in [-0.39, 0.29) is 0 Å². The predicted molar refractivity (Wildman–Crippen MR) is 80.1 cm³/mol. The second-order valence-corrected chi connectivity index (χ2v) is 5.49. The van der Waals surface area contributed by atoms with E-state index in [1.54, 1.807) is 11.3 Å². The highest BCUT2D eigenvalue weighted by Crippen LogP contribution is 2.35. The molecule has 1 heterocycles. The summed E-state index contributed by atoms with van der Waals surface area (Å²) in [6, 6.07) is 8.04. The van der Waals surface area contributed by atoms with Crippen LogP contribution < -0.4 is 4.74 Å². The summed E-state index contributed by atoms with van der Waals surface area (Å²) in [6.07, 6.45) is 0.336. The molecule has 0 aliphatic carbocycles. The molecule has 0 saturated carbocycles. The van der Waals surface area contributed by atoms with Crippen LogP contribution in [0.25, 0.3) is 0 Å². The SMILES string of the molecule is CCOc1ccc(C)cc1C(O)c1sccc1CC. The van der Waals surface area contributed by atoms with Crippen LogP contribution in [0.3, 0.4) is 0 Å². The smallest absolute Gasteiger partial charge is 0.125 e. The zero-order chi connectivity index (χ0) is 13.8. The van der Waals surface area contributed by atoms with Crippen LogP contribution in [0.2, 0.25) is 0 Å². The summed E-state index contributed by atoms with van der Waals surface area (Å²) in [6.45, 7) is 6.70. The van der Waals surface area contributed by atoms with E-state index in [2.05, 4.69) is 13.0 Å². The van der Waals surface area contributed by atoms with Crippen LogP contribution >= 0.6 is 11.3 Å². The Morgan fingerprint density at radius 1 is 1.26 bits per heavy atom. The summed E-state index contributed by atoms with van der Waals surface area (Å²) in [5.74, 6) is 0.774. The number of aliphatic hydroxyl groups is 1. The molecule has 0 fully saturated rings. The largest absolute Gasteiger partial charge is 0.493 e. The van der Waals surface area contributed by atoms with E-state index in [4.69, 9.17) is 4.74 Å². The average molecular weight is 276 g/mol. The van der Waals surface area contributed by atoms with Gasteiger partial charge in [-0.15, -0.1) is 11.3 Å². The molecule has 0 aliphatic rings. The van der Waals surface area contributed by atoms with E-state index >= 15 is 0 Å². The van der Waals surface area contributed by atoms with Gasteiger partial charge in [-0.05, 0) is 49.4 Å². The summed E-state index contributed by atoms with van der Waals surface area (Å²) in [7, 11) is 0. The third-order valence-electron chi connectivity index (χ3n) is 3.17. The molecule has 1 aromatic carbocycles. The van der Waals surface area contributed by atoms with Crippen molar-refractivity contribution in [3.63, 3.8) is 0 Å². The van der Waals surface area contributed by atoms with Crippen LogP contribution in [0.1, 0.15) is 41.5 Å². The van der Waals surface area contributed by atoms with Crippen molar-refractivity contribution in [2.24, 2.45) is 0 Å². The predicted octanol–water partition coefficient (Wildman–Crippen LogP) is 4.10. The number of hydrogen-bond acceptors (Lipinski definition) is 3. The van der Waals surface area contributed by atoms with Crippen molar-refractivity contribution >= 4 is 11.3 Å². The van der Waals surface area contributed by atoms with Gasteiger partial charge in [0.05, 0.1) is 6.61 Å². The molecule has 1 unspecified atom stereocenters. The number of rotatable bonds is 5. The van der Waals surface area contributed by atoms with Crippen molar-refractivity contribution in [1.29, 1.82) is 0 Å². The molecule has 0 bridgehead atoms. The lowest BCUT2D eigenvalue weighted by Gasteiger charge is -2.16. The van der Waals surface area contributed by atoms with E-state index in [0.29, 0.717) is 6.61 Å². The van der Waals surface area contributed by atoms with Gasteiger partial charge in [0, 0.05) is 10.4 Å². The van der Waals surface area contributed by atoms with Gasteiger partial charge in [-0.1, -0.05) is 18.6 Å². The standard InChI is InChI=1S/C16H20O2S/c1-4-12-8-9-19-16(12)15(17)13-10-11(3)6-7-14(13)18-5-2/h6-10,15,17H,4-5H2,1-3H3. The first-order chi connectivity index (χ1) is 9.17. The van der Waals surface area contributed by atoms with Crippen LogP contribution in [-0.4, -0.2) is 11.7 Å². The van der Waals surface area contributed by atoms with Crippen molar-refractivity contribution in [2.45, 2.75) is 33.3 Å². The second-order valence-electron chi connectivity index (χ2n) is 4.54. The Hall–Kier alpha value is -1.32. The molecule has 0 radical (unpaired) electrons. The van der Waals surface area contributed by atoms with Crippen LogP contribution in [-0.2, 0) is 6.42 Å². The van der Waals surface area contributed by atoms with Gasteiger partial charge >= 0.3 is 0 Å². The molecule has 0 aliphatic heterocycles. The summed E-state index contributed by atoms with van der Waals surface area (Å²) < 4.78 is 5.63. The van der Waals surface area contributed by atoms with Gasteiger partial charge in [-0.2, -0.15) is 0 Å². The van der Waals surface area contributed by atoms with Crippen molar-refractivity contribution < 1.29 is 9.84 Å². The van der Waals surface area contributed by atoms with E-state index in [1.165, 1.54) is 5.56 Å². The summed E-state index contributed by atoms with van der Waals surface area (Å²) in [4.78, 5) is 1.02. The van der Waals surface area contributed by atoms with Crippen molar-refractivity contribution in [3.05, 3.63) is 51.2 Å². The fourth-order valence-corrected chi connectivity index (χ4v) is 3.19. The molecule has 2 aromatic rings. The Balaban J connectivity index is 2.42. The number of hydrogen-bond donors (Lipinski definition) is 1. The Kier molecular flexibility index (Phi) is 4.61. The number of thiophene rings is 1. The Bertz CT molecular complexity index is 545. The molecule has 2 nitrogen and oxygen atoms in total. The molecule has 0 spiro atoms. The summed E-state index contributed by atoms with van der Waals surface area (Å²) >= 11 is 1.60. The average Bonchev–Trinajstić information content (AvgIpc) is 2.88. The number of benzene rings is 1. The molecular weight excluding hydrogens is 256 g/mol. The highest BCUT2D eigenvalue weighted by Gasteiger charge is 2.19. The monoisotopic (exact) mass is 276 g/mol. The van der Waals surface area contributed by atoms with Gasteiger partial charge in [0.2, 0.25) is 0 Å². The molecular formula is C16H20O2S. The molecule has 3 heteroatoms. The van der Waals surface area contributed by atoms with Crippen LogP contribution in [0, 0.1) is 6.92 Å². The molecule has 19 heavy (non-hydrogen) atoms. The molecule has 1 atom stereocenters. The highest BCUT2D eigenvalue weighted by molar-refractivity contribution is 7.10. The highest BCUT2D eigenvalue weighted by atomic mass is 32.1. The van der Waals surface area contributed by atoms with Gasteiger partial charge in [0.1, 0.15) is 11.9 Å². The van der Waals surface area contributed by atoms with Crippen LogP contribution in [0.15, 0.2) is 29.6 Å². The molecule has 0 saturated heterocycles. The fraction of sp³-hybridized carbons (Fsp3) is 0.375. The first kappa shape index (κ1) is 14.1. The van der Waals surface area contributed by atoms with Crippen LogP contribution in [0.4, 0.5) is 0 Å². The first-order valence-corrected chi connectivity index (χ1v) is 7.53. The van der Waals surface area contributed by atoms with E-state index in [9.17, 15) is 5.11 Å². The van der Waals surface area contributed by atoms with Gasteiger partial charge in [0.25, 0.3) is 0 Å². The fourth-order valence-electron chi connectivity index (χ4n) is 2.19. The maximum atomic E-state index is 10.7. The number of aliphatic hydroxyl groups excluding tert-OH is 1. The first-order valence-electron chi connectivity index (χ1n) is 6.65. The molecule has 0 amide bonds. The van der Waals surface area contributed by atoms with E-state index in [0.717, 1.165) is 28.2 Å². The summed E-state index contributed by atoms with van der Waals surface area (Å²) in [5, 5.41) is 12.7. The minimum Gasteiger partial charge on any atom is -0.493 e. The third kappa shape index (κ3) is 2.99. The Labute approximate surface area is 118 Å². The van der Waals surface area contributed by atoms with Gasteiger partial charge in [-0.3, -0.25) is 0 Å². The maximum Gasteiger partial charge on any atom is 0.125 e. The number of ether oxygens (including phenoxy) is 1. The van der Waals surface area contributed by atoms with Gasteiger partial charge < -0.3 is 9.84 Å². The quantitative estimate of drug-likeness (QED) is 0.891. The Morgan fingerprint density at radius 3 is 2.74 bits per heavy atom. The van der Waals surface area contributed by atoms with Gasteiger partial charge in [-0.25, -0.2) is 0 Å². The lowest BCUT2D eigenvalue weighted by molar-refractivity contribution is 0.214. The normalized spacial score (nSPS) is 12.4. The van der Waals surface area contributed by atoms with Gasteiger partial charge in [0.15, 0.2) is 0 Å². The van der Waals surface area contributed by atoms with Crippen molar-refractivity contribution in [3.8, 4) is 5.75 Å². The molecule has 1 N–H and O–H groups in total. The molecule has 102 valence electrons. The van der Waals surface area contributed by atoms with E-state index in [1.807, 2.05) is 37.4 Å². The molecule has 1 aromatic heterocycles. The second kappa shape index (κ2) is 6.22. The summed E-state index contributed by atoms with van der Waals surface area (Å²) in [5.41, 5.74) is 3.20. The zero-order valence-electron chi connectivity index (χ0n) is 11.6. The van der Waals surface area contributed by atoms with E-state index < -0.39 is 6.10 Å². The molecule has 2 rings (SSSR count). The van der Waals surface area contributed by atoms with Crippen molar-refractivity contribution in [2.75, 3.05) is 6.61 Å². The Morgan fingerprint density at radius 2 is 2.05 bits per heavy atom. The topological polar surface area (TPSA) is 29.5 Å². The number of aryl methyl sites for hydroxylation is 2. The van der Waals surface area contributed by atoms with Crippen molar-refractivity contribution in [1.82, 2.24) is 0 Å². The third-order valence-corrected chi connectivity index (χ3v) is 4.18. The maximum absolute atomic E-state index is 10.7. The zero-order valence-corrected chi connectivity index (χ0v) is 12.5. The van der Waals surface area contributed by atoms with Crippen LogP contribution in [0.5, 0.6) is 5.75 Å². The minimum atomic E-state index is -0.601. The lowest BCUT2D eigenvalue weighted by atomic mass is 10.0. The lowest BCUT2D eigenvalue weighted by Crippen LogP contribution is -2.04. The minimum absolute atomic E-state index is 0.601.